The predicted molar refractivity (Wildman–Crippen MR) is 259 cm³/mol. The van der Waals surface area contributed by atoms with Gasteiger partial charge in [-0.25, -0.2) is 0 Å². The summed E-state index contributed by atoms with van der Waals surface area (Å²) in [5.74, 6) is -1.95. The molecule has 0 saturated carbocycles. The molecule has 19 heteroatoms. The lowest BCUT2D eigenvalue weighted by atomic mass is 9.78. The first-order valence-corrected chi connectivity index (χ1v) is 25.4. The van der Waals surface area contributed by atoms with Gasteiger partial charge in [-0.3, -0.25) is 28.8 Å². The summed E-state index contributed by atoms with van der Waals surface area (Å²) in [7, 11) is 1.72. The van der Waals surface area contributed by atoms with E-state index < -0.39 is 30.1 Å². The van der Waals surface area contributed by atoms with Gasteiger partial charge in [-0.1, -0.05) is 90.4 Å². The molecule has 0 heterocycles. The van der Waals surface area contributed by atoms with E-state index in [9.17, 15) is 39.0 Å². The molecule has 4 amide bonds. The number of rotatable bonds is 48. The van der Waals surface area contributed by atoms with Crippen LogP contribution in [0.2, 0.25) is 0 Å². The van der Waals surface area contributed by atoms with E-state index in [1.165, 1.54) is 51.9 Å². The van der Waals surface area contributed by atoms with Crippen molar-refractivity contribution in [3.05, 3.63) is 0 Å². The Kier molecular flexibility index (Phi) is 40.7. The SMILES string of the molecule is CNC(C)(C)C(=O)C(C)[C@@H](CCCCNC(=O)COCCOCCNC(=O)COCCOCCNC(=O)CC[C@H](NC(=O)CCCCCCCCCCCCCCCCC(O)O)C(O)O)C(C)=O. The molecule has 0 aliphatic carbocycles. The van der Waals surface area contributed by atoms with Crippen molar-refractivity contribution in [2.24, 2.45) is 11.8 Å². The van der Waals surface area contributed by atoms with Gasteiger partial charge in [-0.2, -0.15) is 0 Å². The Morgan fingerprint density at radius 2 is 0.941 bits per heavy atom. The van der Waals surface area contributed by atoms with Gasteiger partial charge in [0.1, 0.15) is 19.0 Å². The maximum atomic E-state index is 12.8. The van der Waals surface area contributed by atoms with E-state index in [2.05, 4.69) is 26.6 Å². The maximum absolute atomic E-state index is 12.8. The molecule has 1 unspecified atom stereocenters. The van der Waals surface area contributed by atoms with Gasteiger partial charge in [0.15, 0.2) is 18.4 Å². The highest BCUT2D eigenvalue weighted by molar-refractivity contribution is 5.93. The normalized spacial score (nSPS) is 13.0. The molecule has 0 saturated heterocycles. The summed E-state index contributed by atoms with van der Waals surface area (Å²) < 4.78 is 21.5. The van der Waals surface area contributed by atoms with Crippen molar-refractivity contribution < 1.29 is 68.1 Å². The summed E-state index contributed by atoms with van der Waals surface area (Å²) in [5.41, 5.74) is -0.710. The van der Waals surface area contributed by atoms with Gasteiger partial charge in [0.2, 0.25) is 23.6 Å². The molecule has 19 nitrogen and oxygen atoms in total. The average Bonchev–Trinajstić information content (AvgIpc) is 3.29. The average molecular weight is 976 g/mol. The minimum atomic E-state index is -1.78. The Hall–Kier alpha value is -3.14. The van der Waals surface area contributed by atoms with Crippen LogP contribution in [0, 0.1) is 11.8 Å². The van der Waals surface area contributed by atoms with Crippen LogP contribution < -0.4 is 26.6 Å². The zero-order valence-corrected chi connectivity index (χ0v) is 42.4. The molecule has 0 aliphatic rings. The lowest BCUT2D eigenvalue weighted by molar-refractivity contribution is -0.134. The second-order valence-electron chi connectivity index (χ2n) is 18.2. The summed E-state index contributed by atoms with van der Waals surface area (Å²) in [6.07, 6.45) is 15.3. The minimum Gasteiger partial charge on any atom is -0.377 e. The van der Waals surface area contributed by atoms with Crippen molar-refractivity contribution in [3.8, 4) is 0 Å². The third-order valence-corrected chi connectivity index (χ3v) is 11.9. The van der Waals surface area contributed by atoms with Crippen LogP contribution >= 0.6 is 0 Å². The fourth-order valence-electron chi connectivity index (χ4n) is 7.48. The first-order chi connectivity index (χ1) is 32.5. The first kappa shape index (κ1) is 64.9. The number of aliphatic hydroxyl groups is 4. The fourth-order valence-corrected chi connectivity index (χ4v) is 7.48. The number of carbonyl (C=O) groups is 6. The Labute approximate surface area is 407 Å². The zero-order chi connectivity index (χ0) is 50.8. The quantitative estimate of drug-likeness (QED) is 0.0313. The molecule has 0 bridgehead atoms. The molecule has 0 radical (unpaired) electrons. The van der Waals surface area contributed by atoms with Crippen LogP contribution in [0.15, 0.2) is 0 Å². The molecule has 68 heavy (non-hydrogen) atoms. The molecule has 0 spiro atoms. The second-order valence-corrected chi connectivity index (χ2v) is 18.2. The van der Waals surface area contributed by atoms with Crippen LogP contribution in [0.5, 0.6) is 0 Å². The third kappa shape index (κ3) is 37.7. The van der Waals surface area contributed by atoms with Crippen molar-refractivity contribution in [1.82, 2.24) is 26.6 Å². The number of hydrogen-bond donors (Lipinski definition) is 9. The molecule has 9 N–H and O–H groups in total. The number of unbranched alkanes of at least 4 members (excludes halogenated alkanes) is 14. The third-order valence-electron chi connectivity index (χ3n) is 11.9. The van der Waals surface area contributed by atoms with Gasteiger partial charge in [0, 0.05) is 44.3 Å². The number of Topliss-reactive ketones (excluding diaryl/α,β-unsaturated/α-hetero) is 2. The minimum absolute atomic E-state index is 0.000615. The van der Waals surface area contributed by atoms with Crippen LogP contribution in [0.4, 0.5) is 0 Å². The van der Waals surface area contributed by atoms with Crippen molar-refractivity contribution in [2.45, 2.75) is 187 Å². The zero-order valence-electron chi connectivity index (χ0n) is 42.4. The topological polar surface area (TPSA) is 280 Å². The molecule has 0 aromatic heterocycles. The highest BCUT2D eigenvalue weighted by Gasteiger charge is 2.35. The Morgan fingerprint density at radius 3 is 1.41 bits per heavy atom. The number of hydrogen-bond acceptors (Lipinski definition) is 15. The van der Waals surface area contributed by atoms with E-state index >= 15 is 0 Å². The van der Waals surface area contributed by atoms with Crippen molar-refractivity contribution >= 4 is 35.2 Å². The Morgan fingerprint density at radius 1 is 0.500 bits per heavy atom. The monoisotopic (exact) mass is 976 g/mol. The van der Waals surface area contributed by atoms with Gasteiger partial charge in [0.25, 0.3) is 0 Å². The van der Waals surface area contributed by atoms with E-state index in [1.54, 1.807) is 27.8 Å². The largest absolute Gasteiger partial charge is 0.377 e. The van der Waals surface area contributed by atoms with Crippen LogP contribution in [0.1, 0.15) is 163 Å². The number of aliphatic hydroxyl groups excluding tert-OH is 2. The predicted octanol–water partition coefficient (Wildman–Crippen LogP) is 3.11. The summed E-state index contributed by atoms with van der Waals surface area (Å²) in [5, 5.41) is 51.0. The summed E-state index contributed by atoms with van der Waals surface area (Å²) in [6.45, 7) is 8.84. The second kappa shape index (κ2) is 42.7. The fraction of sp³-hybridized carbons (Fsp3) is 0.878. The smallest absolute Gasteiger partial charge is 0.246 e. The molecule has 398 valence electrons. The summed E-state index contributed by atoms with van der Waals surface area (Å²) in [4.78, 5) is 73.7. The molecular formula is C49H93N5O14. The number of ether oxygens (including phenoxy) is 4. The number of nitrogens with one attached hydrogen (secondary N) is 5. The highest BCUT2D eigenvalue weighted by atomic mass is 16.5. The molecule has 0 aliphatic heterocycles. The summed E-state index contributed by atoms with van der Waals surface area (Å²) in [6, 6.07) is -0.950. The highest BCUT2D eigenvalue weighted by Crippen LogP contribution is 2.25. The molecular weight excluding hydrogens is 883 g/mol. The van der Waals surface area contributed by atoms with Gasteiger partial charge in [-0.15, -0.1) is 0 Å². The van der Waals surface area contributed by atoms with Gasteiger partial charge >= 0.3 is 0 Å². The molecule has 0 aromatic rings. The van der Waals surface area contributed by atoms with Crippen LogP contribution in [0.3, 0.4) is 0 Å². The van der Waals surface area contributed by atoms with E-state index in [1.807, 2.05) is 0 Å². The van der Waals surface area contributed by atoms with Crippen molar-refractivity contribution in [3.63, 3.8) is 0 Å². The maximum Gasteiger partial charge on any atom is 0.246 e. The molecule has 0 rings (SSSR count). The van der Waals surface area contributed by atoms with Crippen LogP contribution in [-0.4, -0.2) is 159 Å². The van der Waals surface area contributed by atoms with E-state index in [-0.39, 0.29) is 126 Å². The van der Waals surface area contributed by atoms with E-state index in [4.69, 9.17) is 29.2 Å². The van der Waals surface area contributed by atoms with Crippen molar-refractivity contribution in [1.29, 1.82) is 0 Å². The van der Waals surface area contributed by atoms with Crippen LogP contribution in [-0.2, 0) is 47.7 Å². The van der Waals surface area contributed by atoms with Crippen molar-refractivity contribution in [2.75, 3.05) is 79.5 Å². The van der Waals surface area contributed by atoms with E-state index in [0.717, 1.165) is 44.9 Å². The Balaban J connectivity index is 3.75. The van der Waals surface area contributed by atoms with Crippen LogP contribution in [0.25, 0.3) is 0 Å². The molecule has 0 aromatic carbocycles. The first-order valence-electron chi connectivity index (χ1n) is 25.4. The number of ketones is 2. The number of carbonyl (C=O) groups excluding carboxylic acids is 6. The van der Waals surface area contributed by atoms with Gasteiger partial charge < -0.3 is 66.0 Å². The van der Waals surface area contributed by atoms with Gasteiger partial charge in [0.05, 0.1) is 51.2 Å². The Bertz CT molecular complexity index is 1340. The lowest BCUT2D eigenvalue weighted by Gasteiger charge is -2.29. The summed E-state index contributed by atoms with van der Waals surface area (Å²) >= 11 is 0. The number of amides is 4. The molecule has 0 fully saturated rings. The standard InChI is InChI=1S/C49H93N5O14/c1-38(47(62)49(3,4)50-5)40(39(2)55)22-20-21-27-51-44(58)36-67-34-33-66-31-29-53-45(59)37-68-35-32-65-30-28-52-42(56)26-25-41(48(63)64)54-43(57)23-18-16-14-12-10-8-6-7-9-11-13-15-17-19-24-46(60)61/h38,40-41,46,48,50,60-61,63-64H,6-37H2,1-5H3,(H,51,58)(H,52,56)(H,53,59)(H,54,57)/t38?,40-,41+/m1/s1. The van der Waals surface area contributed by atoms with Gasteiger partial charge in [-0.05, 0) is 66.3 Å². The number of likely N-dealkylation sites (N-methyl/N-ethyl adjacent to an activating group) is 1. The van der Waals surface area contributed by atoms with E-state index in [0.29, 0.717) is 32.2 Å². The molecule has 3 atom stereocenters. The lowest BCUT2D eigenvalue weighted by Crippen LogP contribution is -2.49.